The summed E-state index contributed by atoms with van der Waals surface area (Å²) in [5, 5.41) is 6.43. The van der Waals surface area contributed by atoms with Crippen molar-refractivity contribution in [2.75, 3.05) is 19.8 Å². The van der Waals surface area contributed by atoms with Gasteiger partial charge in [-0.2, -0.15) is 5.10 Å². The first kappa shape index (κ1) is 27.9. The van der Waals surface area contributed by atoms with Crippen LogP contribution in [0.1, 0.15) is 53.0 Å². The lowest BCUT2D eigenvalue weighted by molar-refractivity contribution is -0.120. The molecule has 3 aromatic rings. The van der Waals surface area contributed by atoms with Crippen LogP contribution in [0.3, 0.4) is 0 Å². The number of benzene rings is 3. The quantitative estimate of drug-likeness (QED) is 0.151. The molecule has 0 spiro atoms. The standard InChI is InChI=1S/C29H31N3O6/c1-3-17-36-24-13-7-22(8-14-24)28(34)30-20-27(33)32-31-19-21-5-11-26(12-6-21)38-29(35)23-9-15-25(16-10-23)37-18-4-2/h5-16,19H,3-4,17-18,20H2,1-2H3,(H,30,34)(H,32,33)/b31-19+. The largest absolute Gasteiger partial charge is 0.494 e. The molecule has 38 heavy (non-hydrogen) atoms. The van der Waals surface area contributed by atoms with E-state index in [0.717, 1.165) is 12.8 Å². The molecule has 0 radical (unpaired) electrons. The topological polar surface area (TPSA) is 115 Å². The third-order valence-corrected chi connectivity index (χ3v) is 5.06. The van der Waals surface area contributed by atoms with Crippen molar-refractivity contribution in [3.63, 3.8) is 0 Å². The van der Waals surface area contributed by atoms with Crippen molar-refractivity contribution >= 4 is 24.0 Å². The molecular weight excluding hydrogens is 486 g/mol. The minimum Gasteiger partial charge on any atom is -0.494 e. The number of rotatable bonds is 13. The molecule has 0 fully saturated rings. The van der Waals surface area contributed by atoms with Crippen LogP contribution in [-0.4, -0.2) is 43.8 Å². The first-order valence-corrected chi connectivity index (χ1v) is 12.4. The maximum absolute atomic E-state index is 12.4. The van der Waals surface area contributed by atoms with Gasteiger partial charge >= 0.3 is 5.97 Å². The average molecular weight is 518 g/mol. The van der Waals surface area contributed by atoms with Gasteiger partial charge < -0.3 is 19.5 Å². The van der Waals surface area contributed by atoms with Gasteiger partial charge in [0.1, 0.15) is 17.2 Å². The van der Waals surface area contributed by atoms with Crippen LogP contribution in [0.2, 0.25) is 0 Å². The normalized spacial score (nSPS) is 10.6. The third-order valence-electron chi connectivity index (χ3n) is 5.06. The SMILES string of the molecule is CCCOc1ccc(C(=O)NCC(=O)N/N=C/c2ccc(OC(=O)c3ccc(OCCC)cc3)cc2)cc1. The maximum atomic E-state index is 12.4. The van der Waals surface area contributed by atoms with Gasteiger partial charge in [0.15, 0.2) is 0 Å². The summed E-state index contributed by atoms with van der Waals surface area (Å²) in [5.41, 5.74) is 3.86. The summed E-state index contributed by atoms with van der Waals surface area (Å²) in [7, 11) is 0. The highest BCUT2D eigenvalue weighted by molar-refractivity contribution is 5.96. The summed E-state index contributed by atoms with van der Waals surface area (Å²) in [6.45, 7) is 5.02. The third kappa shape index (κ3) is 9.09. The van der Waals surface area contributed by atoms with Gasteiger partial charge in [0.2, 0.25) is 0 Å². The fraction of sp³-hybridized carbons (Fsp3) is 0.241. The lowest BCUT2D eigenvalue weighted by Crippen LogP contribution is -2.34. The summed E-state index contributed by atoms with van der Waals surface area (Å²) in [4.78, 5) is 36.6. The molecule has 0 aliphatic carbocycles. The molecule has 0 aromatic heterocycles. The molecule has 0 bridgehead atoms. The van der Waals surface area contributed by atoms with Crippen molar-refractivity contribution in [1.29, 1.82) is 0 Å². The molecule has 0 atom stereocenters. The number of esters is 1. The van der Waals surface area contributed by atoms with Crippen molar-refractivity contribution in [1.82, 2.24) is 10.7 Å². The van der Waals surface area contributed by atoms with Gasteiger partial charge in [-0.3, -0.25) is 9.59 Å². The predicted molar refractivity (Wildman–Crippen MR) is 144 cm³/mol. The van der Waals surface area contributed by atoms with E-state index in [4.69, 9.17) is 14.2 Å². The van der Waals surface area contributed by atoms with E-state index in [2.05, 4.69) is 15.8 Å². The molecular formula is C29H31N3O6. The highest BCUT2D eigenvalue weighted by Crippen LogP contribution is 2.17. The molecule has 3 rings (SSSR count). The van der Waals surface area contributed by atoms with Gasteiger partial charge in [-0.05, 0) is 91.2 Å². The molecule has 9 nitrogen and oxygen atoms in total. The van der Waals surface area contributed by atoms with E-state index >= 15 is 0 Å². The summed E-state index contributed by atoms with van der Waals surface area (Å²) in [6, 6.07) is 20.1. The zero-order chi connectivity index (χ0) is 27.2. The first-order valence-electron chi connectivity index (χ1n) is 12.4. The molecule has 0 saturated carbocycles. The maximum Gasteiger partial charge on any atom is 0.343 e. The van der Waals surface area contributed by atoms with Gasteiger partial charge in [0.25, 0.3) is 11.8 Å². The molecule has 0 aliphatic heterocycles. The minimum absolute atomic E-state index is 0.231. The zero-order valence-corrected chi connectivity index (χ0v) is 21.4. The lowest BCUT2D eigenvalue weighted by Gasteiger charge is -2.07. The number of amides is 2. The Kier molecular flexibility index (Phi) is 10.9. The Balaban J connectivity index is 1.40. The first-order chi connectivity index (χ1) is 18.5. The van der Waals surface area contributed by atoms with Crippen molar-refractivity contribution in [2.24, 2.45) is 5.10 Å². The molecule has 0 saturated heterocycles. The van der Waals surface area contributed by atoms with E-state index in [1.54, 1.807) is 72.8 Å². The highest BCUT2D eigenvalue weighted by atomic mass is 16.5. The Morgan fingerprint density at radius 3 is 1.82 bits per heavy atom. The van der Waals surface area contributed by atoms with Crippen molar-refractivity contribution in [2.45, 2.75) is 26.7 Å². The molecule has 0 heterocycles. The van der Waals surface area contributed by atoms with Crippen LogP contribution in [0.4, 0.5) is 0 Å². The number of nitrogens with one attached hydrogen (secondary N) is 2. The van der Waals surface area contributed by atoms with E-state index in [9.17, 15) is 14.4 Å². The van der Waals surface area contributed by atoms with E-state index in [0.29, 0.717) is 47.2 Å². The number of carbonyl (C=O) groups excluding carboxylic acids is 3. The lowest BCUT2D eigenvalue weighted by atomic mass is 10.2. The van der Waals surface area contributed by atoms with Crippen molar-refractivity contribution in [3.8, 4) is 17.2 Å². The van der Waals surface area contributed by atoms with E-state index < -0.39 is 11.9 Å². The van der Waals surface area contributed by atoms with Gasteiger partial charge in [0, 0.05) is 5.56 Å². The zero-order valence-electron chi connectivity index (χ0n) is 21.4. The molecule has 3 aromatic carbocycles. The molecule has 2 amide bonds. The van der Waals surface area contributed by atoms with Crippen molar-refractivity contribution in [3.05, 3.63) is 89.5 Å². The van der Waals surface area contributed by atoms with Crippen LogP contribution in [0, 0.1) is 0 Å². The average Bonchev–Trinajstić information content (AvgIpc) is 2.95. The van der Waals surface area contributed by atoms with E-state index in [1.807, 2.05) is 13.8 Å². The predicted octanol–water partition coefficient (Wildman–Crippen LogP) is 4.36. The van der Waals surface area contributed by atoms with Gasteiger partial charge in [-0.25, -0.2) is 10.2 Å². The Morgan fingerprint density at radius 2 is 1.26 bits per heavy atom. The summed E-state index contributed by atoms with van der Waals surface area (Å²) in [6.07, 6.45) is 3.24. The van der Waals surface area contributed by atoms with Crippen molar-refractivity contribution < 1.29 is 28.6 Å². The van der Waals surface area contributed by atoms with Crippen LogP contribution in [0.15, 0.2) is 77.9 Å². The number of hydrogen-bond donors (Lipinski definition) is 2. The van der Waals surface area contributed by atoms with Gasteiger partial charge in [0.05, 0.1) is 31.5 Å². The molecule has 0 aliphatic rings. The summed E-state index contributed by atoms with van der Waals surface area (Å²) >= 11 is 0. The second-order valence-corrected chi connectivity index (χ2v) is 8.18. The molecule has 198 valence electrons. The second-order valence-electron chi connectivity index (χ2n) is 8.18. The highest BCUT2D eigenvalue weighted by Gasteiger charge is 2.10. The second kappa shape index (κ2) is 14.8. The van der Waals surface area contributed by atoms with E-state index in [1.165, 1.54) is 6.21 Å². The van der Waals surface area contributed by atoms with Crippen LogP contribution in [0.5, 0.6) is 17.2 Å². The van der Waals surface area contributed by atoms with Crippen LogP contribution in [0.25, 0.3) is 0 Å². The number of hydrazone groups is 1. The summed E-state index contributed by atoms with van der Waals surface area (Å²) in [5.74, 6) is 0.416. The smallest absolute Gasteiger partial charge is 0.343 e. The van der Waals surface area contributed by atoms with E-state index in [-0.39, 0.29) is 12.5 Å². The molecule has 0 unspecified atom stereocenters. The monoisotopic (exact) mass is 517 g/mol. The number of nitrogens with zero attached hydrogens (tertiary/aromatic N) is 1. The number of carbonyl (C=O) groups is 3. The van der Waals surface area contributed by atoms with Crippen LogP contribution in [-0.2, 0) is 4.79 Å². The Bertz CT molecular complexity index is 1220. The fourth-order valence-corrected chi connectivity index (χ4v) is 3.10. The Hall–Kier alpha value is -4.66. The van der Waals surface area contributed by atoms with Crippen LogP contribution >= 0.6 is 0 Å². The number of hydrogen-bond acceptors (Lipinski definition) is 7. The van der Waals surface area contributed by atoms with Crippen LogP contribution < -0.4 is 25.0 Å². The van der Waals surface area contributed by atoms with Gasteiger partial charge in [-0.1, -0.05) is 13.8 Å². The van der Waals surface area contributed by atoms with Gasteiger partial charge in [-0.15, -0.1) is 0 Å². The molecule has 9 heteroatoms. The fourth-order valence-electron chi connectivity index (χ4n) is 3.10. The minimum atomic E-state index is -0.483. The Morgan fingerprint density at radius 1 is 0.737 bits per heavy atom. The number of ether oxygens (including phenoxy) is 3. The summed E-state index contributed by atoms with van der Waals surface area (Å²) < 4.78 is 16.4. The molecule has 2 N–H and O–H groups in total. The Labute approximate surface area is 221 Å².